The van der Waals surface area contributed by atoms with Crippen molar-refractivity contribution in [1.29, 1.82) is 0 Å². The topological polar surface area (TPSA) is 60.1 Å². The number of anilines is 1. The molecule has 0 saturated carbocycles. The number of hydrogen-bond donors (Lipinski definition) is 1. The molecule has 0 saturated heterocycles. The first-order chi connectivity index (χ1) is 12.6. The van der Waals surface area contributed by atoms with Crippen molar-refractivity contribution in [3.63, 3.8) is 0 Å². The zero-order valence-electron chi connectivity index (χ0n) is 14.7. The number of furan rings is 1. The van der Waals surface area contributed by atoms with E-state index in [4.69, 9.17) is 4.42 Å². The van der Waals surface area contributed by atoms with E-state index in [-0.39, 0.29) is 5.91 Å². The van der Waals surface area contributed by atoms with E-state index in [2.05, 4.69) is 41.5 Å². The maximum atomic E-state index is 12.8. The molecular formula is C21H19N3O2. The smallest absolute Gasteiger partial charge is 0.273 e. The molecule has 0 aliphatic heterocycles. The maximum absolute atomic E-state index is 12.8. The summed E-state index contributed by atoms with van der Waals surface area (Å²) < 4.78 is 7.46. The van der Waals surface area contributed by atoms with Gasteiger partial charge in [-0.15, -0.1) is 0 Å². The van der Waals surface area contributed by atoms with Gasteiger partial charge >= 0.3 is 0 Å². The lowest BCUT2D eigenvalue weighted by Gasteiger charge is -2.11. The molecule has 0 unspecified atom stereocenters. The number of aryl methyl sites for hydroxylation is 2. The predicted octanol–water partition coefficient (Wildman–Crippen LogP) is 4.55. The fourth-order valence-electron chi connectivity index (χ4n) is 2.93. The van der Waals surface area contributed by atoms with Crippen molar-refractivity contribution in [3.8, 4) is 0 Å². The van der Waals surface area contributed by atoms with Crippen molar-refractivity contribution >= 4 is 22.8 Å². The van der Waals surface area contributed by atoms with Crippen molar-refractivity contribution < 1.29 is 9.21 Å². The van der Waals surface area contributed by atoms with Gasteiger partial charge in [-0.3, -0.25) is 4.79 Å². The second-order valence-corrected chi connectivity index (χ2v) is 6.45. The Hall–Kier alpha value is -3.34. The first kappa shape index (κ1) is 16.1. The molecule has 0 radical (unpaired) electrons. The monoisotopic (exact) mass is 345 g/mol. The first-order valence-electron chi connectivity index (χ1n) is 8.46. The van der Waals surface area contributed by atoms with E-state index >= 15 is 0 Å². The van der Waals surface area contributed by atoms with Gasteiger partial charge in [0, 0.05) is 24.9 Å². The third-order valence-corrected chi connectivity index (χ3v) is 4.37. The molecule has 26 heavy (non-hydrogen) atoms. The van der Waals surface area contributed by atoms with Crippen LogP contribution in [0.3, 0.4) is 0 Å². The van der Waals surface area contributed by atoms with Crippen LogP contribution in [0.2, 0.25) is 0 Å². The molecule has 3 heterocycles. The molecule has 5 heteroatoms. The molecule has 0 spiro atoms. The predicted molar refractivity (Wildman–Crippen MR) is 101 cm³/mol. The summed E-state index contributed by atoms with van der Waals surface area (Å²) in [7, 11) is 0. The molecule has 0 fully saturated rings. The number of pyridine rings is 1. The normalized spacial score (nSPS) is 11.0. The van der Waals surface area contributed by atoms with E-state index in [0.29, 0.717) is 23.6 Å². The van der Waals surface area contributed by atoms with Crippen LogP contribution in [-0.4, -0.2) is 15.5 Å². The number of amides is 1. The van der Waals surface area contributed by atoms with Gasteiger partial charge in [0.15, 0.2) is 5.58 Å². The molecule has 5 nitrogen and oxygen atoms in total. The Morgan fingerprint density at radius 1 is 1.08 bits per heavy atom. The fraction of sp³-hybridized carbons (Fsp3) is 0.143. The van der Waals surface area contributed by atoms with Gasteiger partial charge in [-0.05, 0) is 31.0 Å². The lowest BCUT2D eigenvalue weighted by atomic mass is 10.1. The highest BCUT2D eigenvalue weighted by Crippen LogP contribution is 2.23. The molecule has 0 aliphatic rings. The van der Waals surface area contributed by atoms with Gasteiger partial charge in [-0.25, -0.2) is 4.98 Å². The number of benzene rings is 1. The Bertz CT molecular complexity index is 1060. The van der Waals surface area contributed by atoms with Gasteiger partial charge in [-0.2, -0.15) is 0 Å². The van der Waals surface area contributed by atoms with Gasteiger partial charge in [0.25, 0.3) is 5.91 Å². The summed E-state index contributed by atoms with van der Waals surface area (Å²) in [5.74, 6) is 0.320. The summed E-state index contributed by atoms with van der Waals surface area (Å²) >= 11 is 0. The molecule has 0 aliphatic carbocycles. The average molecular weight is 345 g/mol. The number of aromatic nitrogens is 2. The fourth-order valence-corrected chi connectivity index (χ4v) is 2.93. The third kappa shape index (κ3) is 3.11. The Kier molecular flexibility index (Phi) is 4.05. The number of nitrogens with one attached hydrogen (secondary N) is 1. The number of carbonyl (C=O) groups excluding carboxylic acids is 1. The highest BCUT2D eigenvalue weighted by molar-refractivity contribution is 6.05. The minimum atomic E-state index is -0.208. The molecular weight excluding hydrogens is 326 g/mol. The van der Waals surface area contributed by atoms with Crippen LogP contribution in [0.25, 0.3) is 11.1 Å². The highest BCUT2D eigenvalue weighted by atomic mass is 16.3. The minimum absolute atomic E-state index is 0.208. The summed E-state index contributed by atoms with van der Waals surface area (Å²) in [6.45, 7) is 4.61. The van der Waals surface area contributed by atoms with Crippen LogP contribution in [0.4, 0.5) is 5.82 Å². The van der Waals surface area contributed by atoms with E-state index in [9.17, 15) is 4.79 Å². The second kappa shape index (κ2) is 6.52. The van der Waals surface area contributed by atoms with Crippen LogP contribution in [-0.2, 0) is 6.54 Å². The molecule has 4 rings (SSSR count). The van der Waals surface area contributed by atoms with Crippen molar-refractivity contribution in [1.82, 2.24) is 9.55 Å². The van der Waals surface area contributed by atoms with Crippen LogP contribution in [0.1, 0.15) is 27.2 Å². The van der Waals surface area contributed by atoms with E-state index in [1.54, 1.807) is 24.6 Å². The average Bonchev–Trinajstić information content (AvgIpc) is 3.21. The second-order valence-electron chi connectivity index (χ2n) is 6.45. The minimum Gasteiger partial charge on any atom is -0.463 e. The number of hydrogen-bond acceptors (Lipinski definition) is 3. The molecule has 4 aromatic rings. The van der Waals surface area contributed by atoms with Gasteiger partial charge in [0.1, 0.15) is 11.5 Å². The molecule has 1 amide bonds. The first-order valence-corrected chi connectivity index (χ1v) is 8.46. The van der Waals surface area contributed by atoms with Crippen molar-refractivity contribution in [2.75, 3.05) is 5.32 Å². The zero-order chi connectivity index (χ0) is 18.1. The summed E-state index contributed by atoms with van der Waals surface area (Å²) in [6.07, 6.45) is 3.37. The largest absolute Gasteiger partial charge is 0.463 e. The molecule has 130 valence electrons. The number of carbonyl (C=O) groups is 1. The standard InChI is InChI=1S/C21H19N3O2/c1-14-3-6-16(7-4-14)13-24-17-9-10-26-19(17)11-18(24)21(25)23-20-8-5-15(2)12-22-20/h3-12H,13H2,1-2H3,(H,22,23,25). The van der Waals surface area contributed by atoms with Gasteiger partial charge in [0.05, 0.1) is 11.8 Å². The van der Waals surface area contributed by atoms with Crippen molar-refractivity contribution in [2.24, 2.45) is 0 Å². The molecule has 0 bridgehead atoms. The summed E-state index contributed by atoms with van der Waals surface area (Å²) in [5, 5.41) is 2.86. The maximum Gasteiger partial charge on any atom is 0.273 e. The molecule has 1 aromatic carbocycles. The molecule has 0 atom stereocenters. The van der Waals surface area contributed by atoms with E-state index < -0.39 is 0 Å². The van der Waals surface area contributed by atoms with E-state index in [0.717, 1.165) is 16.6 Å². The Balaban J connectivity index is 1.67. The van der Waals surface area contributed by atoms with E-state index in [1.807, 2.05) is 23.6 Å². The summed E-state index contributed by atoms with van der Waals surface area (Å²) in [4.78, 5) is 17.1. The SMILES string of the molecule is Cc1ccc(Cn2c(C(=O)Nc3ccc(C)cn3)cc3occc32)cc1. The lowest BCUT2D eigenvalue weighted by Crippen LogP contribution is -2.18. The van der Waals surface area contributed by atoms with Crippen LogP contribution >= 0.6 is 0 Å². The Labute approximate surface area is 151 Å². The zero-order valence-corrected chi connectivity index (χ0v) is 14.7. The van der Waals surface area contributed by atoms with Gasteiger partial charge in [-0.1, -0.05) is 35.9 Å². The van der Waals surface area contributed by atoms with Crippen LogP contribution in [0, 0.1) is 13.8 Å². The number of rotatable bonds is 4. The quantitative estimate of drug-likeness (QED) is 0.590. The van der Waals surface area contributed by atoms with Crippen LogP contribution in [0.15, 0.2) is 65.4 Å². The van der Waals surface area contributed by atoms with Gasteiger partial charge < -0.3 is 14.3 Å². The lowest BCUT2D eigenvalue weighted by molar-refractivity contribution is 0.101. The summed E-state index contributed by atoms with van der Waals surface area (Å²) in [6, 6.07) is 15.7. The number of fused-ring (bicyclic) bond motifs is 1. The number of nitrogens with zero attached hydrogens (tertiary/aromatic N) is 2. The Morgan fingerprint density at radius 2 is 1.85 bits per heavy atom. The van der Waals surface area contributed by atoms with Gasteiger partial charge in [0.2, 0.25) is 0 Å². The van der Waals surface area contributed by atoms with Crippen molar-refractivity contribution in [2.45, 2.75) is 20.4 Å². The summed E-state index contributed by atoms with van der Waals surface area (Å²) in [5.41, 5.74) is 5.51. The van der Waals surface area contributed by atoms with Crippen LogP contribution < -0.4 is 5.32 Å². The highest BCUT2D eigenvalue weighted by Gasteiger charge is 2.18. The van der Waals surface area contributed by atoms with Crippen molar-refractivity contribution in [3.05, 3.63) is 83.4 Å². The Morgan fingerprint density at radius 3 is 2.58 bits per heavy atom. The van der Waals surface area contributed by atoms with E-state index in [1.165, 1.54) is 5.56 Å². The molecule has 3 aromatic heterocycles. The third-order valence-electron chi connectivity index (χ3n) is 4.37. The molecule has 1 N–H and O–H groups in total. The van der Waals surface area contributed by atoms with Crippen LogP contribution in [0.5, 0.6) is 0 Å².